The average Bonchev–Trinajstić information content (AvgIpc) is 2.53. The van der Waals surface area contributed by atoms with Crippen LogP contribution in [0.2, 0.25) is 0 Å². The summed E-state index contributed by atoms with van der Waals surface area (Å²) in [6.07, 6.45) is 7.96. The highest BCUT2D eigenvalue weighted by atomic mass is 16.1. The van der Waals surface area contributed by atoms with E-state index in [1.54, 1.807) is 0 Å². The van der Waals surface area contributed by atoms with E-state index in [0.717, 1.165) is 12.8 Å². The summed E-state index contributed by atoms with van der Waals surface area (Å²) >= 11 is 0. The summed E-state index contributed by atoms with van der Waals surface area (Å²) in [5.74, 6) is 0.436. The molecular formula is C12H17NO. The molecule has 1 aliphatic carbocycles. The van der Waals surface area contributed by atoms with E-state index in [1.165, 1.54) is 43.3 Å². The average molecular weight is 191 g/mol. The Hall–Kier alpha value is -0.630. The van der Waals surface area contributed by atoms with E-state index in [0.29, 0.717) is 17.9 Å². The first kappa shape index (κ1) is 8.66. The smallest absolute Gasteiger partial charge is 0.160 e. The molecule has 0 aromatic rings. The molecule has 14 heavy (non-hydrogen) atoms. The maximum atomic E-state index is 11.9. The topological polar surface area (TPSA) is 29.1 Å². The second-order valence-corrected chi connectivity index (χ2v) is 4.83. The van der Waals surface area contributed by atoms with Gasteiger partial charge in [-0.25, -0.2) is 0 Å². The molecule has 0 aromatic carbocycles. The summed E-state index contributed by atoms with van der Waals surface area (Å²) in [6, 6.07) is 1.11. The summed E-state index contributed by atoms with van der Waals surface area (Å²) in [5, 5.41) is 3.60. The maximum Gasteiger partial charge on any atom is 0.160 e. The Balaban J connectivity index is 1.99. The molecule has 1 saturated heterocycles. The van der Waals surface area contributed by atoms with Crippen LogP contribution in [0.5, 0.6) is 0 Å². The molecule has 0 amide bonds. The van der Waals surface area contributed by atoms with Gasteiger partial charge in [-0.15, -0.1) is 0 Å². The molecule has 2 nitrogen and oxygen atoms in total. The zero-order valence-corrected chi connectivity index (χ0v) is 8.51. The molecule has 2 bridgehead atoms. The van der Waals surface area contributed by atoms with Crippen molar-refractivity contribution in [2.45, 2.75) is 57.0 Å². The van der Waals surface area contributed by atoms with E-state index in [-0.39, 0.29) is 0 Å². The Bertz CT molecular complexity index is 305. The number of nitrogens with one attached hydrogen (secondary N) is 1. The van der Waals surface area contributed by atoms with E-state index in [2.05, 4.69) is 5.32 Å². The molecule has 3 rings (SSSR count). The number of Topliss-reactive ketones (excluding diaryl/α,β-unsaturated/α-hetero) is 1. The standard InChI is InChI=1S/C12H17NO/c14-11-3-1-2-8-4-5-9-6-7-10(13-9)12(8)11/h9-10,13H,1-7H2/t9-,10-/m1/s1. The van der Waals surface area contributed by atoms with Gasteiger partial charge in [0.15, 0.2) is 5.78 Å². The number of carbonyl (C=O) groups is 1. The molecule has 1 N–H and O–H groups in total. The fraction of sp³-hybridized carbons (Fsp3) is 0.750. The number of carbonyl (C=O) groups excluding carboxylic acids is 1. The lowest BCUT2D eigenvalue weighted by atomic mass is 9.83. The van der Waals surface area contributed by atoms with Crippen LogP contribution >= 0.6 is 0 Å². The van der Waals surface area contributed by atoms with Gasteiger partial charge < -0.3 is 5.32 Å². The number of ketones is 1. The fourth-order valence-electron chi connectivity index (χ4n) is 3.25. The number of hydrogen-bond donors (Lipinski definition) is 1. The Morgan fingerprint density at radius 3 is 2.93 bits per heavy atom. The van der Waals surface area contributed by atoms with Crippen molar-refractivity contribution in [1.82, 2.24) is 5.32 Å². The van der Waals surface area contributed by atoms with E-state index < -0.39 is 0 Å². The van der Waals surface area contributed by atoms with Gasteiger partial charge in [-0.1, -0.05) is 5.57 Å². The molecule has 2 aliphatic heterocycles. The number of rotatable bonds is 0. The van der Waals surface area contributed by atoms with E-state index in [4.69, 9.17) is 0 Å². The molecule has 1 fully saturated rings. The van der Waals surface area contributed by atoms with Crippen LogP contribution in [0.15, 0.2) is 11.1 Å². The van der Waals surface area contributed by atoms with Crippen molar-refractivity contribution >= 4 is 5.78 Å². The molecule has 2 heteroatoms. The van der Waals surface area contributed by atoms with Crippen molar-refractivity contribution < 1.29 is 4.79 Å². The number of hydrogen-bond acceptors (Lipinski definition) is 2. The lowest BCUT2D eigenvalue weighted by molar-refractivity contribution is -0.116. The van der Waals surface area contributed by atoms with Crippen molar-refractivity contribution in [3.63, 3.8) is 0 Å². The molecule has 0 saturated carbocycles. The van der Waals surface area contributed by atoms with Crippen molar-refractivity contribution in [3.05, 3.63) is 11.1 Å². The van der Waals surface area contributed by atoms with Gasteiger partial charge in [0, 0.05) is 24.1 Å². The molecule has 76 valence electrons. The van der Waals surface area contributed by atoms with Gasteiger partial charge in [0.25, 0.3) is 0 Å². The molecule has 0 spiro atoms. The number of fused-ring (bicyclic) bond motifs is 3. The summed E-state index contributed by atoms with van der Waals surface area (Å²) < 4.78 is 0. The lowest BCUT2D eigenvalue weighted by Crippen LogP contribution is -2.32. The van der Waals surface area contributed by atoms with Gasteiger partial charge in [0.2, 0.25) is 0 Å². The highest BCUT2D eigenvalue weighted by Gasteiger charge is 2.35. The minimum atomic E-state index is 0.422. The van der Waals surface area contributed by atoms with E-state index in [1.807, 2.05) is 0 Å². The van der Waals surface area contributed by atoms with Crippen LogP contribution in [0.25, 0.3) is 0 Å². The molecule has 0 aromatic heterocycles. The third-order valence-electron chi connectivity index (χ3n) is 3.95. The van der Waals surface area contributed by atoms with Gasteiger partial charge in [0.1, 0.15) is 0 Å². The normalized spacial score (nSPS) is 37.0. The Morgan fingerprint density at radius 1 is 1.07 bits per heavy atom. The Morgan fingerprint density at radius 2 is 2.00 bits per heavy atom. The summed E-state index contributed by atoms with van der Waals surface area (Å²) in [5.41, 5.74) is 2.68. The minimum absolute atomic E-state index is 0.422. The van der Waals surface area contributed by atoms with Crippen LogP contribution in [-0.4, -0.2) is 17.9 Å². The predicted octanol–water partition coefficient (Wildman–Crippen LogP) is 1.95. The predicted molar refractivity (Wildman–Crippen MR) is 55.1 cm³/mol. The van der Waals surface area contributed by atoms with Gasteiger partial charge in [-0.3, -0.25) is 4.79 Å². The second kappa shape index (κ2) is 3.20. The molecule has 0 radical (unpaired) electrons. The highest BCUT2D eigenvalue weighted by Crippen LogP contribution is 2.36. The van der Waals surface area contributed by atoms with Crippen molar-refractivity contribution in [1.29, 1.82) is 0 Å². The largest absolute Gasteiger partial charge is 0.307 e. The molecule has 2 heterocycles. The van der Waals surface area contributed by atoms with Crippen LogP contribution in [0.3, 0.4) is 0 Å². The summed E-state index contributed by atoms with van der Waals surface area (Å²) in [4.78, 5) is 11.9. The van der Waals surface area contributed by atoms with Gasteiger partial charge in [0.05, 0.1) is 0 Å². The summed E-state index contributed by atoms with van der Waals surface area (Å²) in [7, 11) is 0. The van der Waals surface area contributed by atoms with Gasteiger partial charge in [-0.2, -0.15) is 0 Å². The van der Waals surface area contributed by atoms with E-state index in [9.17, 15) is 4.79 Å². The van der Waals surface area contributed by atoms with Crippen LogP contribution < -0.4 is 5.32 Å². The van der Waals surface area contributed by atoms with Crippen LogP contribution in [0.4, 0.5) is 0 Å². The van der Waals surface area contributed by atoms with E-state index >= 15 is 0 Å². The Labute approximate surface area is 84.8 Å². The third kappa shape index (κ3) is 1.24. The zero-order valence-electron chi connectivity index (χ0n) is 8.51. The SMILES string of the molecule is O=C1CCCC2=C1[C@H]1CC[C@@H](CC2)N1. The first-order valence-corrected chi connectivity index (χ1v) is 5.86. The van der Waals surface area contributed by atoms with Crippen LogP contribution in [-0.2, 0) is 4.79 Å². The first-order chi connectivity index (χ1) is 6.84. The van der Waals surface area contributed by atoms with Crippen molar-refractivity contribution in [2.24, 2.45) is 0 Å². The lowest BCUT2D eigenvalue weighted by Gasteiger charge is -2.22. The minimum Gasteiger partial charge on any atom is -0.307 e. The highest BCUT2D eigenvalue weighted by molar-refractivity contribution is 5.98. The first-order valence-electron chi connectivity index (χ1n) is 5.86. The van der Waals surface area contributed by atoms with Crippen LogP contribution in [0.1, 0.15) is 44.9 Å². The molecule has 0 unspecified atom stereocenters. The quantitative estimate of drug-likeness (QED) is 0.634. The monoisotopic (exact) mass is 191 g/mol. The fourth-order valence-corrected chi connectivity index (χ4v) is 3.25. The summed E-state index contributed by atoms with van der Waals surface area (Å²) in [6.45, 7) is 0. The van der Waals surface area contributed by atoms with Gasteiger partial charge >= 0.3 is 0 Å². The maximum absolute atomic E-state index is 11.9. The zero-order chi connectivity index (χ0) is 9.54. The van der Waals surface area contributed by atoms with Crippen molar-refractivity contribution in [2.75, 3.05) is 0 Å². The number of allylic oxidation sites excluding steroid dienone is 1. The Kier molecular flexibility index (Phi) is 1.98. The second-order valence-electron chi connectivity index (χ2n) is 4.83. The molecule has 3 aliphatic rings. The van der Waals surface area contributed by atoms with Gasteiger partial charge in [-0.05, 0) is 38.5 Å². The van der Waals surface area contributed by atoms with Crippen LogP contribution in [0, 0.1) is 0 Å². The van der Waals surface area contributed by atoms with Crippen molar-refractivity contribution in [3.8, 4) is 0 Å². The third-order valence-corrected chi connectivity index (χ3v) is 3.95. The molecular weight excluding hydrogens is 174 g/mol. The molecule has 2 atom stereocenters.